The number of carbonyl (C=O) groups excluding carboxylic acids is 1. The molecule has 2 atom stereocenters. The van der Waals surface area contributed by atoms with Gasteiger partial charge in [-0.15, -0.1) is 0 Å². The van der Waals surface area contributed by atoms with E-state index in [4.69, 9.17) is 0 Å². The number of fused-ring (bicyclic) bond motifs is 1. The quantitative estimate of drug-likeness (QED) is 0.823. The molecule has 0 aliphatic carbocycles. The van der Waals surface area contributed by atoms with Crippen molar-refractivity contribution in [3.63, 3.8) is 0 Å². The van der Waals surface area contributed by atoms with E-state index in [1.54, 1.807) is 6.92 Å². The Morgan fingerprint density at radius 1 is 1.10 bits per heavy atom. The molecule has 0 bridgehead atoms. The van der Waals surface area contributed by atoms with E-state index in [1.165, 1.54) is 17.7 Å². The average Bonchev–Trinajstić information content (AvgIpc) is 2.87. The highest BCUT2D eigenvalue weighted by atomic mass is 16.3. The van der Waals surface area contributed by atoms with Crippen LogP contribution in [-0.2, 0) is 4.79 Å². The van der Waals surface area contributed by atoms with Gasteiger partial charge in [-0.2, -0.15) is 0 Å². The molecule has 3 aliphatic rings. The highest BCUT2D eigenvalue weighted by Crippen LogP contribution is 2.40. The molecule has 166 valence electrons. The van der Waals surface area contributed by atoms with Gasteiger partial charge in [-0.25, -0.2) is 0 Å². The van der Waals surface area contributed by atoms with E-state index in [2.05, 4.69) is 52.8 Å². The lowest BCUT2D eigenvalue weighted by Gasteiger charge is -2.54. The number of nitrogens with zero attached hydrogens (tertiary/aromatic N) is 3. The standard InChI is InChI=1S/C25H39N3O2/c1-20-8-6-9-22(18-20)26-16-12-25(30,13-17-26)19-27-14-5-4-10-23-24(27,3)11-7-15-28(23)21(2)29/h6,8-9,18,23,30H,4-5,7,10-17,19H2,1-3H3/t23-,24-/m0/s1. The van der Waals surface area contributed by atoms with Crippen LogP contribution < -0.4 is 4.90 Å². The zero-order valence-corrected chi connectivity index (χ0v) is 19.1. The van der Waals surface area contributed by atoms with Crippen molar-refractivity contribution in [2.45, 2.75) is 82.9 Å². The molecule has 5 heteroatoms. The molecule has 1 amide bonds. The van der Waals surface area contributed by atoms with Crippen LogP contribution in [0.15, 0.2) is 24.3 Å². The summed E-state index contributed by atoms with van der Waals surface area (Å²) in [4.78, 5) is 19.4. The van der Waals surface area contributed by atoms with E-state index in [0.717, 1.165) is 71.2 Å². The van der Waals surface area contributed by atoms with Gasteiger partial charge in [0, 0.05) is 50.4 Å². The summed E-state index contributed by atoms with van der Waals surface area (Å²) in [6.07, 6.45) is 7.19. The Morgan fingerprint density at radius 2 is 1.87 bits per heavy atom. The average molecular weight is 414 g/mol. The fraction of sp³-hybridized carbons (Fsp3) is 0.720. The van der Waals surface area contributed by atoms with Gasteiger partial charge >= 0.3 is 0 Å². The van der Waals surface area contributed by atoms with Gasteiger partial charge in [-0.05, 0) is 76.6 Å². The predicted molar refractivity (Wildman–Crippen MR) is 122 cm³/mol. The summed E-state index contributed by atoms with van der Waals surface area (Å²) in [5.41, 5.74) is 1.88. The van der Waals surface area contributed by atoms with Crippen LogP contribution in [0.2, 0.25) is 0 Å². The van der Waals surface area contributed by atoms with E-state index in [-0.39, 0.29) is 17.5 Å². The lowest BCUT2D eigenvalue weighted by molar-refractivity contribution is -0.140. The molecule has 3 aliphatic heterocycles. The Labute approximate surface area is 182 Å². The molecule has 3 saturated heterocycles. The first-order valence-electron chi connectivity index (χ1n) is 11.9. The number of aliphatic hydroxyl groups is 1. The second kappa shape index (κ2) is 8.51. The van der Waals surface area contributed by atoms with Crippen molar-refractivity contribution >= 4 is 11.6 Å². The summed E-state index contributed by atoms with van der Waals surface area (Å²) in [7, 11) is 0. The van der Waals surface area contributed by atoms with Crippen LogP contribution in [-0.4, -0.2) is 70.7 Å². The van der Waals surface area contributed by atoms with Gasteiger partial charge in [0.15, 0.2) is 0 Å². The van der Waals surface area contributed by atoms with Crippen molar-refractivity contribution in [1.82, 2.24) is 9.80 Å². The van der Waals surface area contributed by atoms with E-state index < -0.39 is 5.60 Å². The molecule has 0 unspecified atom stereocenters. The number of carbonyl (C=O) groups is 1. The van der Waals surface area contributed by atoms with Gasteiger partial charge in [0.2, 0.25) is 5.91 Å². The fourth-order valence-electron chi connectivity index (χ4n) is 6.15. The smallest absolute Gasteiger partial charge is 0.219 e. The van der Waals surface area contributed by atoms with Crippen molar-refractivity contribution in [3.05, 3.63) is 29.8 Å². The molecule has 0 spiro atoms. The Morgan fingerprint density at radius 3 is 2.57 bits per heavy atom. The number of amides is 1. The number of likely N-dealkylation sites (tertiary alicyclic amines) is 2. The van der Waals surface area contributed by atoms with Crippen molar-refractivity contribution in [3.8, 4) is 0 Å². The van der Waals surface area contributed by atoms with Crippen LogP contribution in [0.3, 0.4) is 0 Å². The Hall–Kier alpha value is -1.59. The maximum Gasteiger partial charge on any atom is 0.219 e. The fourth-order valence-corrected chi connectivity index (χ4v) is 6.15. The topological polar surface area (TPSA) is 47.0 Å². The third-order valence-electron chi connectivity index (χ3n) is 8.00. The molecular weight excluding hydrogens is 374 g/mol. The summed E-state index contributed by atoms with van der Waals surface area (Å²) in [6, 6.07) is 8.95. The van der Waals surface area contributed by atoms with Crippen LogP contribution in [0.25, 0.3) is 0 Å². The Balaban J connectivity index is 1.46. The minimum absolute atomic E-state index is 0.0240. The maximum absolute atomic E-state index is 12.3. The highest BCUT2D eigenvalue weighted by molar-refractivity contribution is 5.74. The second-order valence-corrected chi connectivity index (χ2v) is 10.2. The Bertz CT molecular complexity index is 759. The number of anilines is 1. The van der Waals surface area contributed by atoms with E-state index in [1.807, 2.05) is 0 Å². The summed E-state index contributed by atoms with van der Waals surface area (Å²) in [5.74, 6) is 0.206. The zero-order valence-electron chi connectivity index (χ0n) is 19.1. The third kappa shape index (κ3) is 4.24. The van der Waals surface area contributed by atoms with Gasteiger partial charge < -0.3 is 14.9 Å². The van der Waals surface area contributed by atoms with Gasteiger partial charge in [0.25, 0.3) is 0 Å². The molecule has 1 aromatic rings. The molecular formula is C25H39N3O2. The molecule has 0 radical (unpaired) electrons. The summed E-state index contributed by atoms with van der Waals surface area (Å²) < 4.78 is 0. The van der Waals surface area contributed by atoms with Crippen LogP contribution in [0.5, 0.6) is 0 Å². The number of hydrogen-bond donors (Lipinski definition) is 1. The number of hydrogen-bond acceptors (Lipinski definition) is 4. The third-order valence-corrected chi connectivity index (χ3v) is 8.00. The molecule has 0 aromatic heterocycles. The van der Waals surface area contributed by atoms with Crippen molar-refractivity contribution < 1.29 is 9.90 Å². The van der Waals surface area contributed by atoms with Crippen molar-refractivity contribution in [1.29, 1.82) is 0 Å². The number of piperidine rings is 2. The van der Waals surface area contributed by atoms with Gasteiger partial charge in [0.05, 0.1) is 5.60 Å². The lowest BCUT2D eigenvalue weighted by atomic mass is 9.78. The second-order valence-electron chi connectivity index (χ2n) is 10.2. The lowest BCUT2D eigenvalue weighted by Crippen LogP contribution is -2.66. The first-order chi connectivity index (χ1) is 14.3. The summed E-state index contributed by atoms with van der Waals surface area (Å²) in [6.45, 7) is 10.6. The van der Waals surface area contributed by atoms with Gasteiger partial charge in [-0.3, -0.25) is 9.69 Å². The molecule has 1 aromatic carbocycles. The first kappa shape index (κ1) is 21.6. The minimum atomic E-state index is -0.642. The zero-order chi connectivity index (χ0) is 21.4. The largest absolute Gasteiger partial charge is 0.388 e. The van der Waals surface area contributed by atoms with Crippen LogP contribution in [0, 0.1) is 6.92 Å². The summed E-state index contributed by atoms with van der Waals surface area (Å²) in [5, 5.41) is 11.6. The minimum Gasteiger partial charge on any atom is -0.388 e. The van der Waals surface area contributed by atoms with Crippen LogP contribution >= 0.6 is 0 Å². The normalized spacial score (nSPS) is 29.9. The van der Waals surface area contributed by atoms with Gasteiger partial charge in [-0.1, -0.05) is 18.6 Å². The SMILES string of the molecule is CC(=O)N1CCC[C@@]2(C)[C@@H]1CCCCN2CC1(O)CCN(c2cccc(C)c2)CC1. The van der Waals surface area contributed by atoms with Crippen molar-refractivity contribution in [2.24, 2.45) is 0 Å². The van der Waals surface area contributed by atoms with Crippen molar-refractivity contribution in [2.75, 3.05) is 37.6 Å². The molecule has 5 nitrogen and oxygen atoms in total. The number of aryl methyl sites for hydroxylation is 1. The van der Waals surface area contributed by atoms with E-state index in [0.29, 0.717) is 0 Å². The maximum atomic E-state index is 12.3. The molecule has 4 rings (SSSR count). The first-order valence-corrected chi connectivity index (χ1v) is 11.9. The van der Waals surface area contributed by atoms with E-state index in [9.17, 15) is 9.90 Å². The summed E-state index contributed by atoms with van der Waals surface area (Å²) >= 11 is 0. The van der Waals surface area contributed by atoms with Gasteiger partial charge in [0.1, 0.15) is 0 Å². The number of rotatable bonds is 3. The number of β-amino-alcohol motifs (C(OH)–C–C–N with tert-alkyl or cyclic N) is 1. The molecule has 3 heterocycles. The Kier molecular flexibility index (Phi) is 6.13. The van der Waals surface area contributed by atoms with Crippen LogP contribution in [0.4, 0.5) is 5.69 Å². The molecule has 3 fully saturated rings. The number of benzene rings is 1. The van der Waals surface area contributed by atoms with Crippen LogP contribution in [0.1, 0.15) is 64.4 Å². The van der Waals surface area contributed by atoms with E-state index >= 15 is 0 Å². The monoisotopic (exact) mass is 413 g/mol. The molecule has 0 saturated carbocycles. The predicted octanol–water partition coefficient (Wildman–Crippen LogP) is 3.58. The molecule has 1 N–H and O–H groups in total. The highest BCUT2D eigenvalue weighted by Gasteiger charge is 2.49. The molecule has 30 heavy (non-hydrogen) atoms.